The third kappa shape index (κ3) is 8.93. The van der Waals surface area contributed by atoms with Crippen molar-refractivity contribution in [1.82, 2.24) is 15.3 Å². The molecule has 2 aromatic rings. The Morgan fingerprint density at radius 3 is 2.55 bits per heavy atom. The number of benzene rings is 1. The monoisotopic (exact) mass is 612 g/mol. The number of carbonyl (C=O) groups is 1. The van der Waals surface area contributed by atoms with Gasteiger partial charge in [-0.05, 0) is 43.2 Å². The van der Waals surface area contributed by atoms with E-state index in [1.54, 1.807) is 18.5 Å². The van der Waals surface area contributed by atoms with E-state index >= 15 is 0 Å². The molecule has 0 spiro atoms. The maximum absolute atomic E-state index is 14.6. The number of hydrogen-bond acceptors (Lipinski definition) is 11. The van der Waals surface area contributed by atoms with Crippen molar-refractivity contribution in [2.24, 2.45) is 5.92 Å². The molecule has 3 heterocycles. The van der Waals surface area contributed by atoms with Crippen LogP contribution in [0.4, 0.5) is 10.3 Å². The van der Waals surface area contributed by atoms with E-state index in [-0.39, 0.29) is 25.1 Å². The second-order valence-corrected chi connectivity index (χ2v) is 10.9. The predicted molar refractivity (Wildman–Crippen MR) is 150 cm³/mol. The molecule has 2 fully saturated rings. The van der Waals surface area contributed by atoms with Crippen LogP contribution in [0.3, 0.4) is 0 Å². The van der Waals surface area contributed by atoms with Crippen LogP contribution in [0.5, 0.6) is 5.75 Å². The van der Waals surface area contributed by atoms with Crippen molar-refractivity contribution in [2.45, 2.75) is 62.8 Å². The van der Waals surface area contributed by atoms with Crippen LogP contribution in [0.15, 0.2) is 30.6 Å². The number of aliphatic hydroxyl groups excluding tert-OH is 4. The fourth-order valence-corrected chi connectivity index (χ4v) is 5.12. The smallest absolute Gasteiger partial charge is 0.225 e. The first-order chi connectivity index (χ1) is 20.2. The Kier molecular flexibility index (Phi) is 12.1. The molecule has 0 bridgehead atoms. The third-order valence-corrected chi connectivity index (χ3v) is 7.66. The molecule has 42 heavy (non-hydrogen) atoms. The SMILES string of the molecule is O=C(Cc1ccc(OCCCC2CCN(c3ncc(Cl)cn3)CC2)cc1F)NCCOC1OC(CO)C(O)C(O)C1O. The number of hydrogen-bond donors (Lipinski definition) is 5. The number of aromatic nitrogens is 2. The van der Waals surface area contributed by atoms with Crippen LogP contribution >= 0.6 is 11.6 Å². The van der Waals surface area contributed by atoms with Crippen LogP contribution in [0.1, 0.15) is 31.2 Å². The summed E-state index contributed by atoms with van der Waals surface area (Å²) >= 11 is 5.86. The Morgan fingerprint density at radius 1 is 1.12 bits per heavy atom. The number of nitrogens with one attached hydrogen (secondary N) is 1. The molecule has 1 amide bonds. The molecule has 1 aromatic heterocycles. The summed E-state index contributed by atoms with van der Waals surface area (Å²) in [6.45, 7) is 1.62. The third-order valence-electron chi connectivity index (χ3n) is 7.46. The van der Waals surface area contributed by atoms with Crippen LogP contribution < -0.4 is 15.0 Å². The lowest BCUT2D eigenvalue weighted by Crippen LogP contribution is -2.59. The van der Waals surface area contributed by atoms with Crippen molar-refractivity contribution in [3.63, 3.8) is 0 Å². The zero-order valence-corrected chi connectivity index (χ0v) is 23.9. The van der Waals surface area contributed by atoms with E-state index in [1.165, 1.54) is 12.1 Å². The van der Waals surface area contributed by atoms with Gasteiger partial charge in [-0.15, -0.1) is 0 Å². The maximum Gasteiger partial charge on any atom is 0.225 e. The van der Waals surface area contributed by atoms with Crippen LogP contribution in [0.2, 0.25) is 5.02 Å². The molecular formula is C28H38ClFN4O8. The van der Waals surface area contributed by atoms with Gasteiger partial charge in [-0.25, -0.2) is 14.4 Å². The van der Waals surface area contributed by atoms with Gasteiger partial charge in [-0.1, -0.05) is 17.7 Å². The molecule has 232 valence electrons. The molecule has 14 heteroatoms. The fraction of sp³-hybridized carbons (Fsp3) is 0.607. The van der Waals surface area contributed by atoms with Gasteiger partial charge < -0.3 is 44.9 Å². The number of halogens is 2. The van der Waals surface area contributed by atoms with Gasteiger partial charge in [-0.3, -0.25) is 4.79 Å². The van der Waals surface area contributed by atoms with Gasteiger partial charge in [0.2, 0.25) is 11.9 Å². The number of anilines is 1. The first kappa shape index (κ1) is 32.3. The number of rotatable bonds is 13. The molecule has 5 atom stereocenters. The lowest BCUT2D eigenvalue weighted by Gasteiger charge is -2.39. The lowest BCUT2D eigenvalue weighted by atomic mass is 9.92. The molecule has 2 aliphatic rings. The molecule has 5 N–H and O–H groups in total. The Morgan fingerprint density at radius 2 is 1.86 bits per heavy atom. The summed E-state index contributed by atoms with van der Waals surface area (Å²) < 4.78 is 30.9. The normalized spacial score (nSPS) is 24.9. The topological polar surface area (TPSA) is 167 Å². The van der Waals surface area contributed by atoms with Gasteiger partial charge >= 0.3 is 0 Å². The molecule has 0 aliphatic carbocycles. The lowest BCUT2D eigenvalue weighted by molar-refractivity contribution is -0.300. The van der Waals surface area contributed by atoms with E-state index < -0.39 is 49.0 Å². The summed E-state index contributed by atoms with van der Waals surface area (Å²) in [4.78, 5) is 23.0. The summed E-state index contributed by atoms with van der Waals surface area (Å²) in [6, 6.07) is 4.43. The molecule has 12 nitrogen and oxygen atoms in total. The second kappa shape index (κ2) is 15.7. The first-order valence-electron chi connectivity index (χ1n) is 14.1. The molecular weight excluding hydrogens is 575 g/mol. The highest BCUT2D eigenvalue weighted by Gasteiger charge is 2.43. The zero-order valence-electron chi connectivity index (χ0n) is 23.1. The van der Waals surface area contributed by atoms with Crippen LogP contribution in [-0.2, 0) is 20.7 Å². The van der Waals surface area contributed by atoms with Crippen molar-refractivity contribution in [3.8, 4) is 5.75 Å². The minimum atomic E-state index is -1.55. The van der Waals surface area contributed by atoms with Crippen molar-refractivity contribution < 1.29 is 43.8 Å². The number of piperidine rings is 1. The average Bonchev–Trinajstić information content (AvgIpc) is 2.99. The summed E-state index contributed by atoms with van der Waals surface area (Å²) in [5.74, 6) is 0.701. The number of aliphatic hydroxyl groups is 4. The van der Waals surface area contributed by atoms with E-state index in [0.29, 0.717) is 29.2 Å². The Labute approximate surface area is 248 Å². The summed E-state index contributed by atoms with van der Waals surface area (Å²) in [6.07, 6.45) is 0.0245. The van der Waals surface area contributed by atoms with Crippen LogP contribution in [0.25, 0.3) is 0 Å². The molecule has 2 aliphatic heterocycles. The van der Waals surface area contributed by atoms with Crippen LogP contribution in [-0.4, -0.2) is 106 Å². The van der Waals surface area contributed by atoms with Gasteiger partial charge in [0.1, 0.15) is 36.0 Å². The fourth-order valence-electron chi connectivity index (χ4n) is 5.02. The highest BCUT2D eigenvalue weighted by atomic mass is 35.5. The highest BCUT2D eigenvalue weighted by molar-refractivity contribution is 6.30. The van der Waals surface area contributed by atoms with E-state index in [9.17, 15) is 29.6 Å². The van der Waals surface area contributed by atoms with E-state index in [0.717, 1.165) is 38.8 Å². The van der Waals surface area contributed by atoms with Crippen molar-refractivity contribution >= 4 is 23.5 Å². The van der Waals surface area contributed by atoms with Crippen molar-refractivity contribution in [1.29, 1.82) is 0 Å². The van der Waals surface area contributed by atoms with Gasteiger partial charge in [0.15, 0.2) is 6.29 Å². The highest BCUT2D eigenvalue weighted by Crippen LogP contribution is 2.25. The number of amides is 1. The number of nitrogens with zero attached hydrogens (tertiary/aromatic N) is 3. The Bertz CT molecular complexity index is 1140. The van der Waals surface area contributed by atoms with Gasteiger partial charge in [0.25, 0.3) is 0 Å². The van der Waals surface area contributed by atoms with Gasteiger partial charge in [-0.2, -0.15) is 0 Å². The first-order valence-corrected chi connectivity index (χ1v) is 14.5. The molecule has 2 saturated heterocycles. The van der Waals surface area contributed by atoms with Crippen molar-refractivity contribution in [2.75, 3.05) is 44.4 Å². The second-order valence-electron chi connectivity index (χ2n) is 10.5. The molecule has 4 rings (SSSR count). The van der Waals surface area contributed by atoms with E-state index in [2.05, 4.69) is 20.2 Å². The number of carbonyl (C=O) groups excluding carboxylic acids is 1. The molecule has 0 saturated carbocycles. The molecule has 0 radical (unpaired) electrons. The van der Waals surface area contributed by atoms with Gasteiger partial charge in [0, 0.05) is 25.7 Å². The molecule has 5 unspecified atom stereocenters. The number of ether oxygens (including phenoxy) is 3. The predicted octanol–water partition coefficient (Wildman–Crippen LogP) is 0.820. The summed E-state index contributed by atoms with van der Waals surface area (Å²) in [7, 11) is 0. The largest absolute Gasteiger partial charge is 0.493 e. The Balaban J connectivity index is 1.10. The standard InChI is InChI=1S/C28H38ClFN4O8/c29-19-14-32-28(33-15-19)34-8-5-17(6-9-34)2-1-10-40-20-4-3-18(21(30)13-20)12-23(36)31-7-11-41-27-26(39)25(38)24(37)22(16-35)42-27/h3-4,13-15,17,22,24-27,35,37-39H,1-2,5-12,16H2,(H,31,36). The minimum Gasteiger partial charge on any atom is -0.493 e. The van der Waals surface area contributed by atoms with Crippen molar-refractivity contribution in [3.05, 3.63) is 47.0 Å². The van der Waals surface area contributed by atoms with E-state index in [4.69, 9.17) is 25.8 Å². The van der Waals surface area contributed by atoms with E-state index in [1.807, 2.05) is 0 Å². The summed E-state index contributed by atoms with van der Waals surface area (Å²) in [5, 5.41) is 41.9. The Hall–Kier alpha value is -2.65. The zero-order chi connectivity index (χ0) is 30.1. The minimum absolute atomic E-state index is 0.0323. The van der Waals surface area contributed by atoms with Gasteiger partial charge in [0.05, 0.1) is 43.7 Å². The maximum atomic E-state index is 14.6. The van der Waals surface area contributed by atoms with Crippen LogP contribution in [0, 0.1) is 11.7 Å². The summed E-state index contributed by atoms with van der Waals surface area (Å²) in [5.41, 5.74) is 0.214. The average molecular weight is 613 g/mol. The quantitative estimate of drug-likeness (QED) is 0.203. The molecule has 1 aromatic carbocycles.